The van der Waals surface area contributed by atoms with Crippen LogP contribution >= 0.6 is 0 Å². The highest BCUT2D eigenvalue weighted by molar-refractivity contribution is 5.97. The van der Waals surface area contributed by atoms with Gasteiger partial charge in [0.15, 0.2) is 0 Å². The van der Waals surface area contributed by atoms with Crippen molar-refractivity contribution in [2.24, 2.45) is 7.05 Å². The fraction of sp³-hybridized carbons (Fsp3) is 0.357. The molecule has 0 spiro atoms. The molecule has 2 aliphatic heterocycles. The Morgan fingerprint density at radius 3 is 2.28 bits per heavy atom. The molecule has 0 saturated carbocycles. The monoisotopic (exact) mass is 488 g/mol. The molecule has 0 aliphatic carbocycles. The van der Waals surface area contributed by atoms with Gasteiger partial charge in [0.2, 0.25) is 0 Å². The molecular formula is C28H32N4O4. The number of hydrogen-bond donors (Lipinski definition) is 2. The average molecular weight is 489 g/mol. The molecule has 0 saturated heterocycles. The summed E-state index contributed by atoms with van der Waals surface area (Å²) < 4.78 is 7.05. The number of aromatic nitrogens is 2. The van der Waals surface area contributed by atoms with E-state index < -0.39 is 5.97 Å². The maximum Gasteiger partial charge on any atom is 0.337 e. The summed E-state index contributed by atoms with van der Waals surface area (Å²) in [6.07, 6.45) is 2.06. The summed E-state index contributed by atoms with van der Waals surface area (Å²) in [6, 6.07) is 11.1. The molecule has 4 heterocycles. The molecule has 0 radical (unpaired) electrons. The number of nitrogens with zero attached hydrogens (tertiary/aromatic N) is 3. The van der Waals surface area contributed by atoms with E-state index >= 15 is 0 Å². The topological polar surface area (TPSA) is 90.8 Å². The highest BCUT2D eigenvalue weighted by Gasteiger charge is 2.22. The number of carbonyl (C=O) groups is 2. The number of aromatic carboxylic acids is 1. The first-order valence-electron chi connectivity index (χ1n) is 12.2. The van der Waals surface area contributed by atoms with Crippen LogP contribution in [-0.4, -0.2) is 70.7 Å². The number of fused-ring (bicyclic) bond motifs is 6. The molecule has 188 valence electrons. The van der Waals surface area contributed by atoms with Gasteiger partial charge in [-0.1, -0.05) is 0 Å². The number of aryl methyl sites for hydroxylation is 1. The number of methoxy groups -OCH3 is 1. The average Bonchev–Trinajstić information content (AvgIpc) is 3.37. The minimum absolute atomic E-state index is 0.274. The quantitative estimate of drug-likeness (QED) is 0.417. The van der Waals surface area contributed by atoms with Crippen LogP contribution in [0.25, 0.3) is 21.8 Å². The summed E-state index contributed by atoms with van der Waals surface area (Å²) in [6.45, 7) is 3.96. The van der Waals surface area contributed by atoms with Crippen LogP contribution in [0.3, 0.4) is 0 Å². The van der Waals surface area contributed by atoms with Crippen LogP contribution in [0.1, 0.15) is 43.2 Å². The number of likely N-dealkylation sites (N-methyl/N-ethyl adjacent to an activating group) is 2. The van der Waals surface area contributed by atoms with Crippen molar-refractivity contribution in [3.8, 4) is 0 Å². The number of carbonyl (C=O) groups excluding carboxylic acids is 1. The maximum atomic E-state index is 11.7. The third-order valence-corrected chi connectivity index (χ3v) is 7.43. The van der Waals surface area contributed by atoms with Crippen LogP contribution in [0.15, 0.2) is 36.4 Å². The number of rotatable bonds is 2. The SMILES string of the molecule is CN1CCc2[nH]c3ccc(C(=O)O)cc3c2C1.COC(=O)c1ccc2c(c1)c1c(n2C)CCN(C)C1. The van der Waals surface area contributed by atoms with E-state index in [-0.39, 0.29) is 5.97 Å². The van der Waals surface area contributed by atoms with Gasteiger partial charge in [-0.15, -0.1) is 0 Å². The lowest BCUT2D eigenvalue weighted by Gasteiger charge is -2.23. The summed E-state index contributed by atoms with van der Waals surface area (Å²) in [5.74, 6) is -1.14. The van der Waals surface area contributed by atoms with Gasteiger partial charge in [0.1, 0.15) is 0 Å². The number of carboxylic acids is 1. The van der Waals surface area contributed by atoms with E-state index in [1.807, 2.05) is 24.3 Å². The first-order chi connectivity index (χ1) is 17.3. The molecule has 8 heteroatoms. The van der Waals surface area contributed by atoms with Gasteiger partial charge in [-0.25, -0.2) is 9.59 Å². The molecule has 0 fully saturated rings. The molecular weight excluding hydrogens is 456 g/mol. The standard InChI is InChI=1S/C15H18N2O2.C13H14N2O2/c1-16-7-6-14-12(9-16)11-8-10(15(18)19-3)4-5-13(11)17(14)2;1-15-5-4-12-10(7-15)9-6-8(13(16)17)2-3-11(9)14-12/h4-5,8H,6-7,9H2,1-3H3;2-3,6,14H,4-5,7H2,1H3,(H,16,17). The second kappa shape index (κ2) is 9.44. The Morgan fingerprint density at radius 1 is 0.889 bits per heavy atom. The summed E-state index contributed by atoms with van der Waals surface area (Å²) in [7, 11) is 7.74. The highest BCUT2D eigenvalue weighted by Crippen LogP contribution is 2.31. The van der Waals surface area contributed by atoms with Crippen molar-refractivity contribution in [2.75, 3.05) is 34.3 Å². The molecule has 0 bridgehead atoms. The van der Waals surface area contributed by atoms with E-state index in [0.717, 1.165) is 49.9 Å². The van der Waals surface area contributed by atoms with Crippen LogP contribution in [0.4, 0.5) is 0 Å². The highest BCUT2D eigenvalue weighted by atomic mass is 16.5. The van der Waals surface area contributed by atoms with Crippen molar-refractivity contribution in [3.63, 3.8) is 0 Å². The van der Waals surface area contributed by atoms with Crippen molar-refractivity contribution in [1.29, 1.82) is 0 Å². The number of carboxylic acid groups (broad SMARTS) is 1. The third-order valence-electron chi connectivity index (χ3n) is 7.43. The number of nitrogens with one attached hydrogen (secondary N) is 1. The summed E-state index contributed by atoms with van der Waals surface area (Å²) in [5.41, 5.74) is 8.43. The largest absolute Gasteiger partial charge is 0.478 e. The predicted octanol–water partition coefficient (Wildman–Crippen LogP) is 3.81. The van der Waals surface area contributed by atoms with E-state index in [9.17, 15) is 9.59 Å². The Labute approximate surface area is 210 Å². The molecule has 8 nitrogen and oxygen atoms in total. The summed E-state index contributed by atoms with van der Waals surface area (Å²) >= 11 is 0. The van der Waals surface area contributed by atoms with Crippen LogP contribution < -0.4 is 0 Å². The zero-order chi connectivity index (χ0) is 25.6. The normalized spacial score (nSPS) is 15.8. The minimum Gasteiger partial charge on any atom is -0.478 e. The lowest BCUT2D eigenvalue weighted by atomic mass is 10.0. The molecule has 0 amide bonds. The van der Waals surface area contributed by atoms with Crippen molar-refractivity contribution in [1.82, 2.24) is 19.4 Å². The molecule has 2 aromatic carbocycles. The van der Waals surface area contributed by atoms with Gasteiger partial charge in [-0.2, -0.15) is 0 Å². The van der Waals surface area contributed by atoms with Gasteiger partial charge in [0.05, 0.1) is 18.2 Å². The van der Waals surface area contributed by atoms with E-state index in [4.69, 9.17) is 9.84 Å². The zero-order valence-corrected chi connectivity index (χ0v) is 21.2. The Balaban J connectivity index is 0.000000149. The van der Waals surface area contributed by atoms with Crippen LogP contribution in [-0.2, 0) is 37.7 Å². The fourth-order valence-corrected chi connectivity index (χ4v) is 5.44. The van der Waals surface area contributed by atoms with Crippen LogP contribution in [0, 0.1) is 0 Å². The molecule has 2 N–H and O–H groups in total. The Bertz CT molecular complexity index is 1480. The van der Waals surface area contributed by atoms with Gasteiger partial charge in [0, 0.05) is 79.3 Å². The van der Waals surface area contributed by atoms with Gasteiger partial charge in [-0.3, -0.25) is 0 Å². The van der Waals surface area contributed by atoms with Crippen molar-refractivity contribution >= 4 is 33.7 Å². The second-order valence-corrected chi connectivity index (χ2v) is 9.83. The Morgan fingerprint density at radius 2 is 1.56 bits per heavy atom. The van der Waals surface area contributed by atoms with E-state index in [2.05, 4.69) is 40.5 Å². The smallest absolute Gasteiger partial charge is 0.337 e. The summed E-state index contributed by atoms with van der Waals surface area (Å²) in [4.78, 5) is 30.6. The Kier molecular flexibility index (Phi) is 6.32. The van der Waals surface area contributed by atoms with E-state index in [0.29, 0.717) is 11.1 Å². The Hall–Kier alpha value is -3.62. The number of H-pyrrole nitrogens is 1. The molecule has 6 rings (SSSR count). The number of aromatic amines is 1. The van der Waals surface area contributed by atoms with E-state index in [1.54, 1.807) is 12.1 Å². The van der Waals surface area contributed by atoms with Crippen LogP contribution in [0.2, 0.25) is 0 Å². The molecule has 0 atom stereocenters. The molecule has 0 unspecified atom stereocenters. The maximum absolute atomic E-state index is 11.7. The predicted molar refractivity (Wildman–Crippen MR) is 140 cm³/mol. The van der Waals surface area contributed by atoms with Gasteiger partial charge in [-0.05, 0) is 61.6 Å². The van der Waals surface area contributed by atoms with E-state index in [1.165, 1.54) is 40.5 Å². The third kappa shape index (κ3) is 4.27. The lowest BCUT2D eigenvalue weighted by Crippen LogP contribution is -2.26. The fourth-order valence-electron chi connectivity index (χ4n) is 5.44. The lowest BCUT2D eigenvalue weighted by molar-refractivity contribution is 0.0600. The van der Waals surface area contributed by atoms with Crippen molar-refractivity contribution < 1.29 is 19.4 Å². The number of benzene rings is 2. The number of ether oxygens (including phenoxy) is 1. The zero-order valence-electron chi connectivity index (χ0n) is 21.2. The minimum atomic E-state index is -0.869. The van der Waals surface area contributed by atoms with Crippen molar-refractivity contribution in [2.45, 2.75) is 25.9 Å². The molecule has 4 aromatic rings. The molecule has 36 heavy (non-hydrogen) atoms. The molecule has 2 aliphatic rings. The number of esters is 1. The van der Waals surface area contributed by atoms with Crippen LogP contribution in [0.5, 0.6) is 0 Å². The van der Waals surface area contributed by atoms with Crippen molar-refractivity contribution in [3.05, 3.63) is 70.0 Å². The number of hydrogen-bond acceptors (Lipinski definition) is 5. The van der Waals surface area contributed by atoms with Gasteiger partial charge in [0.25, 0.3) is 0 Å². The first-order valence-corrected chi connectivity index (χ1v) is 12.2. The summed E-state index contributed by atoms with van der Waals surface area (Å²) in [5, 5.41) is 11.2. The van der Waals surface area contributed by atoms with Gasteiger partial charge >= 0.3 is 11.9 Å². The first kappa shape index (κ1) is 24.1. The molecule has 2 aromatic heterocycles. The second-order valence-electron chi connectivity index (χ2n) is 9.83. The van der Waals surface area contributed by atoms with Gasteiger partial charge < -0.3 is 29.2 Å².